The molecule has 0 atom stereocenters. The van der Waals surface area contributed by atoms with Crippen molar-refractivity contribution < 1.29 is 27.4 Å². The summed E-state index contributed by atoms with van der Waals surface area (Å²) in [4.78, 5) is 33.6. The Bertz CT molecular complexity index is 1480. The lowest BCUT2D eigenvalue weighted by Gasteiger charge is -2.16. The molecule has 2 N–H and O–H groups in total. The van der Waals surface area contributed by atoms with Crippen LogP contribution in [0.5, 0.6) is 17.2 Å². The molecule has 4 aromatic rings. The summed E-state index contributed by atoms with van der Waals surface area (Å²) in [5.41, 5.74) is 0.507. The van der Waals surface area contributed by atoms with Crippen LogP contribution in [0.2, 0.25) is 0 Å². The predicted octanol–water partition coefficient (Wildman–Crippen LogP) is 5.60. The van der Waals surface area contributed by atoms with Gasteiger partial charge in [-0.05, 0) is 55.0 Å². The van der Waals surface area contributed by atoms with Crippen molar-refractivity contribution in [3.05, 3.63) is 82.9 Å². The average Bonchev–Trinajstić information content (AvgIpc) is 2.87. The molecule has 0 aliphatic heterocycles. The number of hydrogen-bond donors (Lipinski definition) is 2. The zero-order valence-corrected chi connectivity index (χ0v) is 20.6. The summed E-state index contributed by atoms with van der Waals surface area (Å²) >= 11 is 0. The molecule has 0 bridgehead atoms. The van der Waals surface area contributed by atoms with E-state index in [0.717, 1.165) is 17.8 Å². The fourth-order valence-corrected chi connectivity index (χ4v) is 3.61. The van der Waals surface area contributed by atoms with E-state index < -0.39 is 11.7 Å². The Morgan fingerprint density at radius 2 is 1.82 bits per heavy atom. The second-order valence-electron chi connectivity index (χ2n) is 8.61. The molecule has 0 spiro atoms. The molecule has 8 nitrogen and oxygen atoms in total. The van der Waals surface area contributed by atoms with Gasteiger partial charge in [-0.25, -0.2) is 4.98 Å². The highest BCUT2D eigenvalue weighted by molar-refractivity contribution is 5.96. The third-order valence-corrected chi connectivity index (χ3v) is 5.58. The summed E-state index contributed by atoms with van der Waals surface area (Å²) < 4.78 is 49.6. The molecule has 0 aliphatic rings. The number of anilines is 2. The van der Waals surface area contributed by atoms with E-state index in [0.29, 0.717) is 28.8 Å². The van der Waals surface area contributed by atoms with Crippen LogP contribution in [0.1, 0.15) is 18.4 Å². The van der Waals surface area contributed by atoms with E-state index >= 15 is 0 Å². The molecule has 0 unspecified atom stereocenters. The Hall–Kier alpha value is -4.54. The van der Waals surface area contributed by atoms with Gasteiger partial charge < -0.3 is 24.7 Å². The number of rotatable bonds is 9. The summed E-state index contributed by atoms with van der Waals surface area (Å²) in [7, 11) is 3.79. The minimum Gasteiger partial charge on any atom is -0.494 e. The van der Waals surface area contributed by atoms with Gasteiger partial charge in [0.15, 0.2) is 5.75 Å². The maximum atomic E-state index is 12.7. The van der Waals surface area contributed by atoms with Crippen molar-refractivity contribution >= 4 is 28.2 Å². The number of amides is 1. The molecule has 4 rings (SSSR count). The standard InChI is InChI=1S/C27H25F3N4O4/c1-34(2)18-5-3-6-20(13-18)38-24-14-21-22(31-16-32-26(21)36)15-23(24)33-25(35)7-4-12-37-19-10-8-17(9-11-19)27(28,29)30/h3,5-6,8-11,13-16H,4,7,12H2,1-2H3,(H,33,35)(H,31,32,36). The maximum absolute atomic E-state index is 12.7. The minimum atomic E-state index is -4.42. The van der Waals surface area contributed by atoms with Crippen molar-refractivity contribution in [1.29, 1.82) is 0 Å². The van der Waals surface area contributed by atoms with Crippen LogP contribution in [0.25, 0.3) is 10.9 Å². The molecule has 0 saturated carbocycles. The second-order valence-corrected chi connectivity index (χ2v) is 8.61. The fraction of sp³-hybridized carbons (Fsp3) is 0.222. The Kier molecular flexibility index (Phi) is 7.85. The molecule has 0 fully saturated rings. The Labute approximate surface area is 216 Å². The summed E-state index contributed by atoms with van der Waals surface area (Å²) in [6, 6.07) is 14.8. The minimum absolute atomic E-state index is 0.0804. The lowest BCUT2D eigenvalue weighted by molar-refractivity contribution is -0.137. The van der Waals surface area contributed by atoms with E-state index in [9.17, 15) is 22.8 Å². The van der Waals surface area contributed by atoms with Crippen molar-refractivity contribution in [3.8, 4) is 17.2 Å². The van der Waals surface area contributed by atoms with E-state index in [1.165, 1.54) is 24.5 Å². The van der Waals surface area contributed by atoms with E-state index in [1.807, 2.05) is 37.2 Å². The molecule has 1 amide bonds. The van der Waals surface area contributed by atoms with Gasteiger partial charge in [-0.15, -0.1) is 0 Å². The van der Waals surface area contributed by atoms with Crippen molar-refractivity contribution in [2.24, 2.45) is 0 Å². The number of carbonyl (C=O) groups excluding carboxylic acids is 1. The quantitative estimate of drug-likeness (QED) is 0.276. The zero-order valence-electron chi connectivity index (χ0n) is 20.6. The third-order valence-electron chi connectivity index (χ3n) is 5.58. The number of benzene rings is 3. The Balaban J connectivity index is 1.44. The van der Waals surface area contributed by atoms with Crippen LogP contribution >= 0.6 is 0 Å². The normalized spacial score (nSPS) is 11.3. The number of nitrogens with one attached hydrogen (secondary N) is 2. The fourth-order valence-electron chi connectivity index (χ4n) is 3.61. The lowest BCUT2D eigenvalue weighted by atomic mass is 10.2. The van der Waals surface area contributed by atoms with Gasteiger partial charge in [-0.2, -0.15) is 13.2 Å². The van der Waals surface area contributed by atoms with Gasteiger partial charge in [0.1, 0.15) is 11.5 Å². The molecule has 1 aromatic heterocycles. The number of aromatic nitrogens is 2. The number of fused-ring (bicyclic) bond motifs is 1. The zero-order chi connectivity index (χ0) is 27.3. The van der Waals surface area contributed by atoms with Crippen LogP contribution in [0.4, 0.5) is 24.5 Å². The molecule has 198 valence electrons. The van der Waals surface area contributed by atoms with Crippen LogP contribution in [-0.4, -0.2) is 36.6 Å². The van der Waals surface area contributed by atoms with Crippen LogP contribution in [-0.2, 0) is 11.0 Å². The molecule has 1 heterocycles. The van der Waals surface area contributed by atoms with Crippen molar-refractivity contribution in [3.63, 3.8) is 0 Å². The highest BCUT2D eigenvalue weighted by atomic mass is 19.4. The maximum Gasteiger partial charge on any atom is 0.416 e. The number of alkyl halides is 3. The lowest BCUT2D eigenvalue weighted by Crippen LogP contribution is -2.14. The largest absolute Gasteiger partial charge is 0.494 e. The number of carbonyl (C=O) groups is 1. The first-order chi connectivity index (χ1) is 18.1. The molecule has 3 aromatic carbocycles. The highest BCUT2D eigenvalue weighted by Crippen LogP contribution is 2.34. The second kappa shape index (κ2) is 11.2. The van der Waals surface area contributed by atoms with E-state index in [-0.39, 0.29) is 36.0 Å². The summed E-state index contributed by atoms with van der Waals surface area (Å²) in [5.74, 6) is 0.717. The third kappa shape index (κ3) is 6.61. The van der Waals surface area contributed by atoms with Crippen LogP contribution in [0.15, 0.2) is 71.8 Å². The molecule has 0 aliphatic carbocycles. The Morgan fingerprint density at radius 3 is 2.53 bits per heavy atom. The van der Waals surface area contributed by atoms with E-state index in [4.69, 9.17) is 9.47 Å². The number of ether oxygens (including phenoxy) is 2. The predicted molar refractivity (Wildman–Crippen MR) is 138 cm³/mol. The van der Waals surface area contributed by atoms with Crippen LogP contribution in [0, 0.1) is 0 Å². The Morgan fingerprint density at radius 1 is 1.05 bits per heavy atom. The first kappa shape index (κ1) is 26.5. The van der Waals surface area contributed by atoms with E-state index in [2.05, 4.69) is 15.3 Å². The van der Waals surface area contributed by atoms with E-state index in [1.54, 1.807) is 12.1 Å². The molecule has 38 heavy (non-hydrogen) atoms. The smallest absolute Gasteiger partial charge is 0.416 e. The number of aromatic amines is 1. The number of halogens is 3. The summed E-state index contributed by atoms with van der Waals surface area (Å²) in [5, 5.41) is 3.10. The molecular formula is C27H25F3N4O4. The molecule has 11 heteroatoms. The van der Waals surface area contributed by atoms with Gasteiger partial charge in [0.2, 0.25) is 5.91 Å². The summed E-state index contributed by atoms with van der Waals surface area (Å²) in [6.45, 7) is 0.133. The van der Waals surface area contributed by atoms with Gasteiger partial charge in [0.05, 0.1) is 35.1 Å². The highest BCUT2D eigenvalue weighted by Gasteiger charge is 2.30. The van der Waals surface area contributed by atoms with Gasteiger partial charge in [0, 0.05) is 32.3 Å². The number of H-pyrrole nitrogens is 1. The number of hydrogen-bond acceptors (Lipinski definition) is 6. The van der Waals surface area contributed by atoms with Gasteiger partial charge in [-0.3, -0.25) is 9.59 Å². The topological polar surface area (TPSA) is 96.5 Å². The van der Waals surface area contributed by atoms with Gasteiger partial charge >= 0.3 is 6.18 Å². The monoisotopic (exact) mass is 526 g/mol. The first-order valence-electron chi connectivity index (χ1n) is 11.7. The van der Waals surface area contributed by atoms with Crippen molar-refractivity contribution in [1.82, 2.24) is 9.97 Å². The number of nitrogens with zero attached hydrogens (tertiary/aromatic N) is 2. The van der Waals surface area contributed by atoms with Crippen molar-refractivity contribution in [2.75, 3.05) is 30.9 Å². The molecular weight excluding hydrogens is 501 g/mol. The van der Waals surface area contributed by atoms with Crippen LogP contribution < -0.4 is 25.2 Å². The molecule has 0 saturated heterocycles. The van der Waals surface area contributed by atoms with Gasteiger partial charge in [0.25, 0.3) is 5.56 Å². The first-order valence-corrected chi connectivity index (χ1v) is 11.7. The molecule has 0 radical (unpaired) electrons. The summed E-state index contributed by atoms with van der Waals surface area (Å²) in [6.07, 6.45) is -2.74. The van der Waals surface area contributed by atoms with Crippen molar-refractivity contribution in [2.45, 2.75) is 19.0 Å². The van der Waals surface area contributed by atoms with Gasteiger partial charge in [-0.1, -0.05) is 6.07 Å². The SMILES string of the molecule is CN(C)c1cccc(Oc2cc3c(=O)[nH]cnc3cc2NC(=O)CCCOc2ccc(C(F)(F)F)cc2)c1. The van der Waals surface area contributed by atoms with Crippen LogP contribution in [0.3, 0.4) is 0 Å². The average molecular weight is 527 g/mol.